The van der Waals surface area contributed by atoms with Crippen LogP contribution >= 0.6 is 0 Å². The summed E-state index contributed by atoms with van der Waals surface area (Å²) in [4.78, 5) is 15.4. The molecule has 0 bridgehead atoms. The molecule has 0 fully saturated rings. The van der Waals surface area contributed by atoms with Crippen molar-refractivity contribution >= 4 is 21.9 Å². The van der Waals surface area contributed by atoms with Gasteiger partial charge in [0.25, 0.3) is 0 Å². The Labute approximate surface area is 329 Å². The lowest BCUT2D eigenvalue weighted by atomic mass is 9.63. The van der Waals surface area contributed by atoms with Crippen molar-refractivity contribution in [3.8, 4) is 56.8 Å². The van der Waals surface area contributed by atoms with Crippen molar-refractivity contribution in [2.75, 3.05) is 0 Å². The summed E-state index contributed by atoms with van der Waals surface area (Å²) in [6, 6.07) is 69.2. The molecule has 0 saturated carbocycles. The molecule has 268 valence electrons. The van der Waals surface area contributed by atoms with E-state index in [9.17, 15) is 0 Å². The molecular formula is C52H33N3O2. The average molecular weight is 732 g/mol. The van der Waals surface area contributed by atoms with Crippen molar-refractivity contribution in [3.05, 3.63) is 222 Å². The molecule has 2 aromatic heterocycles. The van der Waals surface area contributed by atoms with E-state index in [1.54, 1.807) is 0 Å². The summed E-state index contributed by atoms with van der Waals surface area (Å²) >= 11 is 0. The highest BCUT2D eigenvalue weighted by Crippen LogP contribution is 2.55. The number of benzene rings is 8. The Hall–Kier alpha value is -7.63. The van der Waals surface area contributed by atoms with Crippen LogP contribution in [0.25, 0.3) is 67.2 Å². The monoisotopic (exact) mass is 731 g/mol. The van der Waals surface area contributed by atoms with E-state index in [1.165, 1.54) is 0 Å². The topological polar surface area (TPSA) is 61.0 Å². The Morgan fingerprint density at radius 2 is 0.912 bits per heavy atom. The first-order valence-corrected chi connectivity index (χ1v) is 19.1. The lowest BCUT2D eigenvalue weighted by molar-refractivity contribution is 0.434. The van der Waals surface area contributed by atoms with Gasteiger partial charge in [0.15, 0.2) is 17.5 Å². The highest BCUT2D eigenvalue weighted by molar-refractivity contribution is 6.05. The second-order valence-electron chi connectivity index (χ2n) is 14.3. The molecule has 0 amide bonds. The first-order chi connectivity index (χ1) is 28.2. The van der Waals surface area contributed by atoms with Crippen LogP contribution in [0.1, 0.15) is 22.3 Å². The number of hydrogen-bond acceptors (Lipinski definition) is 5. The number of para-hydroxylation sites is 3. The molecule has 11 rings (SSSR count). The maximum Gasteiger partial charge on any atom is 0.164 e. The molecular weight excluding hydrogens is 699 g/mol. The first kappa shape index (κ1) is 32.8. The molecule has 0 N–H and O–H groups in total. The number of fused-ring (bicyclic) bond motifs is 5. The summed E-state index contributed by atoms with van der Waals surface area (Å²) in [6.45, 7) is 0. The van der Waals surface area contributed by atoms with Gasteiger partial charge < -0.3 is 9.15 Å². The average Bonchev–Trinajstić information content (AvgIpc) is 3.67. The number of hydrogen-bond donors (Lipinski definition) is 0. The highest BCUT2D eigenvalue weighted by atomic mass is 16.5. The molecule has 1 aliphatic heterocycles. The minimum absolute atomic E-state index is 0.572. The van der Waals surface area contributed by atoms with Crippen LogP contribution in [0, 0.1) is 0 Å². The van der Waals surface area contributed by atoms with Gasteiger partial charge in [0, 0.05) is 38.6 Å². The van der Waals surface area contributed by atoms with E-state index < -0.39 is 5.41 Å². The van der Waals surface area contributed by atoms with Crippen molar-refractivity contribution in [2.45, 2.75) is 5.41 Å². The van der Waals surface area contributed by atoms with E-state index >= 15 is 0 Å². The molecule has 0 aliphatic carbocycles. The molecule has 3 heterocycles. The number of nitrogens with zero attached hydrogens (tertiary/aromatic N) is 3. The minimum atomic E-state index is -0.645. The smallest absolute Gasteiger partial charge is 0.164 e. The van der Waals surface area contributed by atoms with Gasteiger partial charge in [0.2, 0.25) is 0 Å². The van der Waals surface area contributed by atoms with Crippen LogP contribution in [0.5, 0.6) is 11.5 Å². The van der Waals surface area contributed by atoms with Crippen LogP contribution in [0.15, 0.2) is 205 Å². The summed E-state index contributed by atoms with van der Waals surface area (Å²) < 4.78 is 12.9. The van der Waals surface area contributed by atoms with E-state index in [-0.39, 0.29) is 0 Å². The normalized spacial score (nSPS) is 12.8. The molecule has 5 nitrogen and oxygen atoms in total. The molecule has 0 atom stereocenters. The van der Waals surface area contributed by atoms with Crippen molar-refractivity contribution in [2.24, 2.45) is 0 Å². The molecule has 0 spiro atoms. The second-order valence-corrected chi connectivity index (χ2v) is 14.3. The quantitative estimate of drug-likeness (QED) is 0.170. The van der Waals surface area contributed by atoms with E-state index in [0.717, 1.165) is 83.5 Å². The van der Waals surface area contributed by atoms with E-state index in [0.29, 0.717) is 17.5 Å². The summed E-state index contributed by atoms with van der Waals surface area (Å²) in [7, 11) is 0. The highest BCUT2D eigenvalue weighted by Gasteiger charge is 2.45. The Bertz CT molecular complexity index is 3070. The molecule has 1 aliphatic rings. The standard InChI is InChI=1S/C52H33N3O2/c1-3-16-34(17-4-1)49-53-50(36-30-31-41-40-23-9-12-27-45(40)56-48(41)33-36)55-51(54-49)42-24-8-7-22-39(42)35-18-15-21-38(32-35)52(37-19-5-2-6-20-37)43-25-10-13-28-46(43)57-47-29-14-11-26-44(47)52/h1-33H. The van der Waals surface area contributed by atoms with Crippen LogP contribution < -0.4 is 4.74 Å². The van der Waals surface area contributed by atoms with Crippen molar-refractivity contribution < 1.29 is 9.15 Å². The molecule has 57 heavy (non-hydrogen) atoms. The fraction of sp³-hybridized carbons (Fsp3) is 0.0192. The SMILES string of the molecule is c1ccc(-c2nc(-c3ccc4c(c3)oc3ccccc34)nc(-c3ccccc3-c3cccc(C4(c5ccccc5)c5ccccc5Oc5ccccc54)c3)n2)cc1. The van der Waals surface area contributed by atoms with Crippen LogP contribution in [0.3, 0.4) is 0 Å². The Balaban J connectivity index is 1.11. The van der Waals surface area contributed by atoms with Crippen molar-refractivity contribution in [3.63, 3.8) is 0 Å². The van der Waals surface area contributed by atoms with Crippen LogP contribution in [-0.4, -0.2) is 15.0 Å². The zero-order valence-electron chi connectivity index (χ0n) is 30.7. The third-order valence-electron chi connectivity index (χ3n) is 11.1. The molecule has 10 aromatic rings. The predicted octanol–water partition coefficient (Wildman–Crippen LogP) is 12.9. The van der Waals surface area contributed by atoms with Crippen LogP contribution in [0.2, 0.25) is 0 Å². The zero-order chi connectivity index (χ0) is 37.8. The third kappa shape index (κ3) is 5.35. The third-order valence-corrected chi connectivity index (χ3v) is 11.1. The molecule has 0 saturated heterocycles. The molecule has 0 radical (unpaired) electrons. The van der Waals surface area contributed by atoms with E-state index in [4.69, 9.17) is 24.1 Å². The van der Waals surface area contributed by atoms with Gasteiger partial charge in [-0.25, -0.2) is 15.0 Å². The van der Waals surface area contributed by atoms with E-state index in [2.05, 4.69) is 127 Å². The summed E-state index contributed by atoms with van der Waals surface area (Å²) in [5.41, 5.74) is 10.2. The largest absolute Gasteiger partial charge is 0.457 e. The Morgan fingerprint density at radius 3 is 1.68 bits per heavy atom. The molecule has 8 aromatic carbocycles. The van der Waals surface area contributed by atoms with Gasteiger partial charge in [-0.15, -0.1) is 0 Å². The van der Waals surface area contributed by atoms with Gasteiger partial charge in [-0.05, 0) is 58.7 Å². The number of furan rings is 1. The Morgan fingerprint density at radius 1 is 0.351 bits per heavy atom. The fourth-order valence-corrected chi connectivity index (χ4v) is 8.53. The first-order valence-electron chi connectivity index (χ1n) is 19.1. The van der Waals surface area contributed by atoms with Gasteiger partial charge in [-0.3, -0.25) is 0 Å². The van der Waals surface area contributed by atoms with Crippen molar-refractivity contribution in [1.82, 2.24) is 15.0 Å². The summed E-state index contributed by atoms with van der Waals surface area (Å²) in [5, 5.41) is 2.14. The summed E-state index contributed by atoms with van der Waals surface area (Å²) in [5.74, 6) is 3.45. The second kappa shape index (κ2) is 13.3. The Kier molecular flexibility index (Phi) is 7.64. The number of aromatic nitrogens is 3. The van der Waals surface area contributed by atoms with Crippen molar-refractivity contribution in [1.29, 1.82) is 0 Å². The number of rotatable bonds is 6. The molecule has 0 unspecified atom stereocenters. The lowest BCUT2D eigenvalue weighted by Crippen LogP contribution is -2.34. The molecule has 5 heteroatoms. The van der Waals surface area contributed by atoms with Crippen LogP contribution in [0.4, 0.5) is 0 Å². The lowest BCUT2D eigenvalue weighted by Gasteiger charge is -2.41. The maximum absolute atomic E-state index is 6.57. The van der Waals surface area contributed by atoms with Gasteiger partial charge in [-0.1, -0.05) is 164 Å². The van der Waals surface area contributed by atoms with Crippen LogP contribution in [-0.2, 0) is 5.41 Å². The fourth-order valence-electron chi connectivity index (χ4n) is 8.53. The predicted molar refractivity (Wildman–Crippen MR) is 227 cm³/mol. The van der Waals surface area contributed by atoms with Gasteiger partial charge in [0.05, 0.1) is 5.41 Å². The minimum Gasteiger partial charge on any atom is -0.457 e. The number of ether oxygens (including phenoxy) is 1. The van der Waals surface area contributed by atoms with E-state index in [1.807, 2.05) is 72.8 Å². The van der Waals surface area contributed by atoms with Gasteiger partial charge in [-0.2, -0.15) is 0 Å². The summed E-state index contributed by atoms with van der Waals surface area (Å²) in [6.07, 6.45) is 0. The van der Waals surface area contributed by atoms with Gasteiger partial charge in [0.1, 0.15) is 22.7 Å². The maximum atomic E-state index is 6.57. The zero-order valence-corrected chi connectivity index (χ0v) is 30.7. The van der Waals surface area contributed by atoms with Gasteiger partial charge >= 0.3 is 0 Å².